The summed E-state index contributed by atoms with van der Waals surface area (Å²) < 4.78 is 0. The molecule has 0 aliphatic carbocycles. The van der Waals surface area contributed by atoms with Crippen molar-refractivity contribution in [2.45, 2.75) is 13.1 Å². The van der Waals surface area contributed by atoms with Crippen LogP contribution in [0.25, 0.3) is 6.08 Å². The van der Waals surface area contributed by atoms with Crippen molar-refractivity contribution >= 4 is 26.3 Å². The number of benzene rings is 1. The van der Waals surface area contributed by atoms with Gasteiger partial charge in [-0.25, -0.2) is 0 Å². The molecule has 0 aliphatic heterocycles. The Kier molecular flexibility index (Phi) is 4.13. The van der Waals surface area contributed by atoms with Gasteiger partial charge < -0.3 is 5.21 Å². The number of oxime groups is 1. The SMILES string of the molecule is C[SiH](C)c1ccc(C=CC=NO)cc1. The van der Waals surface area contributed by atoms with E-state index in [9.17, 15) is 0 Å². The Labute approximate surface area is 86.2 Å². The Bertz CT molecular complexity index is 328. The van der Waals surface area contributed by atoms with Gasteiger partial charge in [0.1, 0.15) is 0 Å². The zero-order valence-electron chi connectivity index (χ0n) is 8.51. The van der Waals surface area contributed by atoms with Gasteiger partial charge >= 0.3 is 0 Å². The Hall–Kier alpha value is -1.35. The van der Waals surface area contributed by atoms with E-state index in [0.29, 0.717) is 0 Å². The molecule has 74 valence electrons. The van der Waals surface area contributed by atoms with Crippen LogP contribution in [-0.4, -0.2) is 20.2 Å². The van der Waals surface area contributed by atoms with E-state index in [2.05, 4.69) is 42.5 Å². The lowest BCUT2D eigenvalue weighted by molar-refractivity contribution is 0.322. The molecule has 1 aromatic rings. The molecule has 0 bridgehead atoms. The molecule has 0 amide bonds. The molecule has 0 fully saturated rings. The van der Waals surface area contributed by atoms with Crippen molar-refractivity contribution in [3.8, 4) is 0 Å². The maximum atomic E-state index is 8.18. The van der Waals surface area contributed by atoms with E-state index in [-0.39, 0.29) is 0 Å². The van der Waals surface area contributed by atoms with Gasteiger partial charge in [-0.15, -0.1) is 0 Å². The van der Waals surface area contributed by atoms with Gasteiger partial charge in [0.05, 0.1) is 15.0 Å². The summed E-state index contributed by atoms with van der Waals surface area (Å²) in [6, 6.07) is 8.52. The number of nitrogens with zero attached hydrogens (tertiary/aromatic N) is 1. The van der Waals surface area contributed by atoms with E-state index in [0.717, 1.165) is 5.56 Å². The average Bonchev–Trinajstić information content (AvgIpc) is 2.19. The van der Waals surface area contributed by atoms with Crippen molar-refractivity contribution in [2.24, 2.45) is 5.16 Å². The van der Waals surface area contributed by atoms with Crippen molar-refractivity contribution in [3.63, 3.8) is 0 Å². The molecule has 0 radical (unpaired) electrons. The lowest BCUT2D eigenvalue weighted by Crippen LogP contribution is -2.21. The number of hydrogen-bond donors (Lipinski definition) is 1. The van der Waals surface area contributed by atoms with Gasteiger partial charge in [0.2, 0.25) is 0 Å². The minimum Gasteiger partial charge on any atom is -0.411 e. The van der Waals surface area contributed by atoms with Crippen LogP contribution in [0.4, 0.5) is 0 Å². The van der Waals surface area contributed by atoms with Crippen LogP contribution in [-0.2, 0) is 0 Å². The fourth-order valence-electron chi connectivity index (χ4n) is 1.18. The fourth-order valence-corrected chi connectivity index (χ4v) is 2.15. The Morgan fingerprint density at radius 2 is 1.86 bits per heavy atom. The zero-order valence-corrected chi connectivity index (χ0v) is 9.67. The molecule has 14 heavy (non-hydrogen) atoms. The van der Waals surface area contributed by atoms with Gasteiger partial charge in [-0.2, -0.15) is 0 Å². The summed E-state index contributed by atoms with van der Waals surface area (Å²) in [7, 11) is -0.673. The molecule has 3 heteroatoms. The predicted molar refractivity (Wildman–Crippen MR) is 64.3 cm³/mol. The smallest absolute Gasteiger partial charge is 0.0661 e. The van der Waals surface area contributed by atoms with Crippen LogP contribution in [0.5, 0.6) is 0 Å². The van der Waals surface area contributed by atoms with Gasteiger partial charge in [-0.1, -0.05) is 53.8 Å². The molecule has 0 saturated carbocycles. The Balaban J connectivity index is 2.73. The van der Waals surface area contributed by atoms with E-state index in [1.807, 2.05) is 6.08 Å². The topological polar surface area (TPSA) is 32.6 Å². The van der Waals surface area contributed by atoms with Crippen LogP contribution in [0.2, 0.25) is 13.1 Å². The minimum absolute atomic E-state index is 0.673. The van der Waals surface area contributed by atoms with Gasteiger partial charge in [0.15, 0.2) is 0 Å². The van der Waals surface area contributed by atoms with Crippen LogP contribution in [0.3, 0.4) is 0 Å². The normalized spacial score (nSPS) is 11.9. The summed E-state index contributed by atoms with van der Waals surface area (Å²) in [5.41, 5.74) is 1.13. The summed E-state index contributed by atoms with van der Waals surface area (Å²) in [6.07, 6.45) is 4.97. The van der Waals surface area contributed by atoms with Crippen LogP contribution in [0.1, 0.15) is 5.56 Å². The largest absolute Gasteiger partial charge is 0.411 e. The second-order valence-corrected chi connectivity index (χ2v) is 6.42. The summed E-state index contributed by atoms with van der Waals surface area (Å²) in [5, 5.41) is 12.5. The molecule has 0 saturated heterocycles. The maximum Gasteiger partial charge on any atom is 0.0661 e. The lowest BCUT2D eigenvalue weighted by Gasteiger charge is -2.02. The van der Waals surface area contributed by atoms with Crippen molar-refractivity contribution in [1.29, 1.82) is 0 Å². The van der Waals surface area contributed by atoms with Crippen molar-refractivity contribution < 1.29 is 5.21 Å². The third-order valence-electron chi connectivity index (χ3n) is 2.04. The molecule has 0 unspecified atom stereocenters. The number of hydrogen-bond acceptors (Lipinski definition) is 2. The van der Waals surface area contributed by atoms with E-state index in [1.54, 1.807) is 6.08 Å². The molecule has 1 aromatic carbocycles. The molecular weight excluding hydrogens is 190 g/mol. The predicted octanol–water partition coefficient (Wildman–Crippen LogP) is 1.85. The van der Waals surface area contributed by atoms with E-state index < -0.39 is 8.80 Å². The van der Waals surface area contributed by atoms with Gasteiger partial charge in [-0.05, 0) is 11.6 Å². The standard InChI is InChI=1S/C11H15NOSi/c1-14(2)11-7-5-10(6-8-11)4-3-9-12-13/h3-9,13-14H,1-2H3. The van der Waals surface area contributed by atoms with E-state index in [1.165, 1.54) is 11.4 Å². The number of allylic oxidation sites excluding steroid dienone is 1. The van der Waals surface area contributed by atoms with E-state index >= 15 is 0 Å². The monoisotopic (exact) mass is 205 g/mol. The molecule has 1 rings (SSSR count). The van der Waals surface area contributed by atoms with Crippen molar-refractivity contribution in [2.75, 3.05) is 0 Å². The highest BCUT2D eigenvalue weighted by Gasteiger charge is 1.98. The maximum absolute atomic E-state index is 8.18. The van der Waals surface area contributed by atoms with Crippen LogP contribution < -0.4 is 5.19 Å². The molecule has 0 aromatic heterocycles. The van der Waals surface area contributed by atoms with E-state index in [4.69, 9.17) is 5.21 Å². The quantitative estimate of drug-likeness (QED) is 0.347. The molecule has 2 nitrogen and oxygen atoms in total. The molecular formula is C11H15NOSi. The van der Waals surface area contributed by atoms with Gasteiger partial charge in [0.25, 0.3) is 0 Å². The summed E-state index contributed by atoms with van der Waals surface area (Å²) in [4.78, 5) is 0. The fraction of sp³-hybridized carbons (Fsp3) is 0.182. The van der Waals surface area contributed by atoms with Gasteiger partial charge in [0, 0.05) is 0 Å². The third-order valence-corrected chi connectivity index (χ3v) is 3.76. The highest BCUT2D eigenvalue weighted by atomic mass is 28.3. The molecule has 0 atom stereocenters. The van der Waals surface area contributed by atoms with Crippen LogP contribution in [0.15, 0.2) is 35.5 Å². The highest BCUT2D eigenvalue weighted by Crippen LogP contribution is 2.00. The first-order valence-corrected chi connectivity index (χ1v) is 7.57. The highest BCUT2D eigenvalue weighted by molar-refractivity contribution is 6.70. The average molecular weight is 205 g/mol. The first-order valence-electron chi connectivity index (χ1n) is 4.68. The number of rotatable bonds is 3. The minimum atomic E-state index is -0.673. The molecule has 0 spiro atoms. The first-order chi connectivity index (χ1) is 6.74. The second kappa shape index (κ2) is 5.39. The lowest BCUT2D eigenvalue weighted by atomic mass is 10.2. The third kappa shape index (κ3) is 3.18. The second-order valence-electron chi connectivity index (χ2n) is 3.45. The first kappa shape index (κ1) is 10.7. The molecule has 0 heterocycles. The Morgan fingerprint density at radius 1 is 1.21 bits per heavy atom. The Morgan fingerprint density at radius 3 is 2.36 bits per heavy atom. The summed E-state index contributed by atoms with van der Waals surface area (Å²) in [6.45, 7) is 4.62. The zero-order chi connectivity index (χ0) is 10.4. The molecule has 1 N–H and O–H groups in total. The van der Waals surface area contributed by atoms with Crippen LogP contribution >= 0.6 is 0 Å². The van der Waals surface area contributed by atoms with Crippen molar-refractivity contribution in [3.05, 3.63) is 35.9 Å². The summed E-state index contributed by atoms with van der Waals surface area (Å²) in [5.74, 6) is 0. The van der Waals surface area contributed by atoms with Crippen molar-refractivity contribution in [1.82, 2.24) is 0 Å². The summed E-state index contributed by atoms with van der Waals surface area (Å²) >= 11 is 0. The van der Waals surface area contributed by atoms with Gasteiger partial charge in [-0.3, -0.25) is 0 Å². The molecule has 0 aliphatic rings. The van der Waals surface area contributed by atoms with Crippen LogP contribution in [0, 0.1) is 0 Å².